The van der Waals surface area contributed by atoms with Crippen LogP contribution in [-0.2, 0) is 22.8 Å². The molecule has 146 valence electrons. The molecule has 0 aliphatic heterocycles. The minimum atomic E-state index is -3.64. The first kappa shape index (κ1) is 20.0. The molecule has 28 heavy (non-hydrogen) atoms. The molecule has 1 aromatic heterocycles. The minimum Gasteiger partial charge on any atom is -0.321 e. The number of hydrogen-bond acceptors (Lipinski definition) is 5. The third kappa shape index (κ3) is 4.55. The van der Waals surface area contributed by atoms with Gasteiger partial charge >= 0.3 is 0 Å². The maximum absolute atomic E-state index is 12.7. The predicted molar refractivity (Wildman–Crippen MR) is 110 cm³/mol. The molecule has 3 aromatic rings. The summed E-state index contributed by atoms with van der Waals surface area (Å²) in [5.74, 6) is 0.250. The molecule has 6 nitrogen and oxygen atoms in total. The van der Waals surface area contributed by atoms with Crippen LogP contribution < -0.4 is 5.73 Å². The molecule has 1 atom stereocenters. The van der Waals surface area contributed by atoms with Gasteiger partial charge < -0.3 is 5.73 Å². The largest absolute Gasteiger partial charge is 0.321 e. The fourth-order valence-electron chi connectivity index (χ4n) is 3.02. The number of nitrogens with zero attached hydrogens (tertiary/aromatic N) is 3. The van der Waals surface area contributed by atoms with E-state index in [1.54, 1.807) is 4.57 Å². The van der Waals surface area contributed by atoms with Gasteiger partial charge in [0.05, 0.1) is 18.3 Å². The van der Waals surface area contributed by atoms with E-state index < -0.39 is 15.9 Å². The predicted octanol–water partition coefficient (Wildman–Crippen LogP) is 2.84. The fourth-order valence-corrected chi connectivity index (χ4v) is 4.14. The van der Waals surface area contributed by atoms with Crippen LogP contribution in [0.15, 0.2) is 72.4 Å². The molecular weight excluding hydrogens is 372 g/mol. The standard InChI is InChI=1S/C21H24N4O2S/c1-3-13-28(26,27)21-24-23-20(19(22)14-17-7-5-4-6-8-17)25(21)15-18-11-9-16(2)10-12-18/h3-12,19H,1,13-15,22H2,2H3/t19-/m0/s1. The second kappa shape index (κ2) is 8.50. The van der Waals surface area contributed by atoms with E-state index in [2.05, 4.69) is 16.8 Å². The van der Waals surface area contributed by atoms with Crippen molar-refractivity contribution in [2.24, 2.45) is 5.73 Å². The summed E-state index contributed by atoms with van der Waals surface area (Å²) in [7, 11) is -3.64. The molecular formula is C21H24N4O2S. The number of aromatic nitrogens is 3. The zero-order chi connectivity index (χ0) is 20.1. The SMILES string of the molecule is C=CCS(=O)(=O)c1nnc([C@@H](N)Cc2ccccc2)n1Cc1ccc(C)cc1. The Bertz CT molecular complexity index is 1040. The smallest absolute Gasteiger partial charge is 0.250 e. The van der Waals surface area contributed by atoms with E-state index in [-0.39, 0.29) is 10.9 Å². The van der Waals surface area contributed by atoms with Gasteiger partial charge in [-0.05, 0) is 24.5 Å². The summed E-state index contributed by atoms with van der Waals surface area (Å²) in [6, 6.07) is 17.2. The number of aryl methyl sites for hydroxylation is 1. The Morgan fingerprint density at radius 2 is 1.75 bits per heavy atom. The van der Waals surface area contributed by atoms with Crippen molar-refractivity contribution in [1.82, 2.24) is 14.8 Å². The Kier molecular flexibility index (Phi) is 6.06. The molecule has 0 unspecified atom stereocenters. The van der Waals surface area contributed by atoms with Gasteiger partial charge in [-0.3, -0.25) is 4.57 Å². The van der Waals surface area contributed by atoms with E-state index in [1.807, 2.05) is 61.5 Å². The Morgan fingerprint density at radius 3 is 2.39 bits per heavy atom. The Hall–Kier alpha value is -2.77. The number of sulfone groups is 1. The van der Waals surface area contributed by atoms with Crippen LogP contribution in [0.25, 0.3) is 0 Å². The van der Waals surface area contributed by atoms with E-state index in [0.717, 1.165) is 16.7 Å². The normalized spacial score (nSPS) is 12.6. The first-order chi connectivity index (χ1) is 13.4. The van der Waals surface area contributed by atoms with E-state index in [4.69, 9.17) is 5.73 Å². The topological polar surface area (TPSA) is 90.9 Å². The zero-order valence-corrected chi connectivity index (χ0v) is 16.6. The van der Waals surface area contributed by atoms with Crippen molar-refractivity contribution in [3.63, 3.8) is 0 Å². The summed E-state index contributed by atoms with van der Waals surface area (Å²) in [6.07, 6.45) is 1.89. The Morgan fingerprint density at radius 1 is 1.07 bits per heavy atom. The molecule has 7 heteroatoms. The highest BCUT2D eigenvalue weighted by Crippen LogP contribution is 2.20. The van der Waals surface area contributed by atoms with Crippen LogP contribution >= 0.6 is 0 Å². The summed E-state index contributed by atoms with van der Waals surface area (Å²) in [5.41, 5.74) is 9.53. The molecule has 0 fully saturated rings. The summed E-state index contributed by atoms with van der Waals surface area (Å²) in [5, 5.41) is 8.05. The second-order valence-corrected chi connectivity index (χ2v) is 8.71. The average Bonchev–Trinajstić information content (AvgIpc) is 3.09. The van der Waals surface area contributed by atoms with Crippen molar-refractivity contribution < 1.29 is 8.42 Å². The van der Waals surface area contributed by atoms with Gasteiger partial charge in [-0.25, -0.2) is 8.42 Å². The highest BCUT2D eigenvalue weighted by atomic mass is 32.2. The van der Waals surface area contributed by atoms with Crippen LogP contribution in [0, 0.1) is 6.92 Å². The maximum atomic E-state index is 12.7. The molecule has 1 heterocycles. The molecule has 0 aliphatic rings. The van der Waals surface area contributed by atoms with Crippen molar-refractivity contribution in [3.8, 4) is 0 Å². The number of nitrogens with two attached hydrogens (primary N) is 1. The second-order valence-electron chi connectivity index (χ2n) is 6.78. The molecule has 0 saturated carbocycles. The van der Waals surface area contributed by atoms with Gasteiger partial charge in [0.25, 0.3) is 0 Å². The van der Waals surface area contributed by atoms with Gasteiger partial charge in [0, 0.05) is 0 Å². The molecule has 2 aromatic carbocycles. The lowest BCUT2D eigenvalue weighted by molar-refractivity contribution is 0.556. The van der Waals surface area contributed by atoms with Gasteiger partial charge in [-0.15, -0.1) is 16.8 Å². The Labute approximate surface area is 165 Å². The summed E-state index contributed by atoms with van der Waals surface area (Å²) in [6.45, 7) is 5.87. The third-order valence-corrected chi connectivity index (χ3v) is 5.99. The van der Waals surface area contributed by atoms with Crippen molar-refractivity contribution in [1.29, 1.82) is 0 Å². The highest BCUT2D eigenvalue weighted by Gasteiger charge is 2.26. The Balaban J connectivity index is 2.00. The van der Waals surface area contributed by atoms with Crippen LogP contribution in [0.4, 0.5) is 0 Å². The molecule has 3 rings (SSSR count). The third-order valence-electron chi connectivity index (χ3n) is 4.45. The van der Waals surface area contributed by atoms with Crippen molar-refractivity contribution in [3.05, 3.63) is 89.8 Å². The van der Waals surface area contributed by atoms with Crippen molar-refractivity contribution in [2.45, 2.75) is 31.1 Å². The van der Waals surface area contributed by atoms with E-state index in [9.17, 15) is 8.42 Å². The maximum Gasteiger partial charge on any atom is 0.250 e. The average molecular weight is 397 g/mol. The van der Waals surface area contributed by atoms with Crippen molar-refractivity contribution >= 4 is 9.84 Å². The lowest BCUT2D eigenvalue weighted by atomic mass is 10.1. The molecule has 2 N–H and O–H groups in total. The molecule has 0 radical (unpaired) electrons. The molecule has 0 bridgehead atoms. The molecule has 0 saturated heterocycles. The van der Waals surface area contributed by atoms with Crippen molar-refractivity contribution in [2.75, 3.05) is 5.75 Å². The molecule has 0 amide bonds. The minimum absolute atomic E-state index is 0.0773. The van der Waals surface area contributed by atoms with E-state index in [0.29, 0.717) is 18.8 Å². The van der Waals surface area contributed by atoms with Gasteiger partial charge in [0.15, 0.2) is 5.82 Å². The van der Waals surface area contributed by atoms with Gasteiger partial charge in [-0.1, -0.05) is 66.2 Å². The van der Waals surface area contributed by atoms with Crippen LogP contribution in [0.3, 0.4) is 0 Å². The highest BCUT2D eigenvalue weighted by molar-refractivity contribution is 7.91. The van der Waals surface area contributed by atoms with Crippen LogP contribution in [-0.4, -0.2) is 28.9 Å². The first-order valence-corrected chi connectivity index (χ1v) is 10.7. The van der Waals surface area contributed by atoms with Crippen LogP contribution in [0.2, 0.25) is 0 Å². The van der Waals surface area contributed by atoms with Crippen LogP contribution in [0.5, 0.6) is 0 Å². The van der Waals surface area contributed by atoms with Crippen LogP contribution in [0.1, 0.15) is 28.6 Å². The van der Waals surface area contributed by atoms with E-state index in [1.165, 1.54) is 6.08 Å². The fraction of sp³-hybridized carbons (Fsp3) is 0.238. The lowest BCUT2D eigenvalue weighted by Crippen LogP contribution is -2.22. The van der Waals surface area contributed by atoms with Gasteiger partial charge in [0.2, 0.25) is 15.0 Å². The molecule has 0 aliphatic carbocycles. The zero-order valence-electron chi connectivity index (χ0n) is 15.8. The quantitative estimate of drug-likeness (QED) is 0.591. The number of hydrogen-bond donors (Lipinski definition) is 1. The summed E-state index contributed by atoms with van der Waals surface area (Å²) < 4.78 is 26.9. The van der Waals surface area contributed by atoms with Gasteiger partial charge in [-0.2, -0.15) is 0 Å². The summed E-state index contributed by atoms with van der Waals surface area (Å²) >= 11 is 0. The number of benzene rings is 2. The first-order valence-electron chi connectivity index (χ1n) is 9.02. The lowest BCUT2D eigenvalue weighted by Gasteiger charge is -2.15. The van der Waals surface area contributed by atoms with E-state index >= 15 is 0 Å². The molecule has 0 spiro atoms. The number of rotatable bonds is 8. The van der Waals surface area contributed by atoms with Gasteiger partial charge in [0.1, 0.15) is 0 Å². The monoisotopic (exact) mass is 396 g/mol. The summed E-state index contributed by atoms with van der Waals surface area (Å²) in [4.78, 5) is 0.